The second-order valence-electron chi connectivity index (χ2n) is 8.78. The van der Waals surface area contributed by atoms with Gasteiger partial charge in [0.25, 0.3) is 0 Å². The fourth-order valence-electron chi connectivity index (χ4n) is 4.24. The van der Waals surface area contributed by atoms with Gasteiger partial charge in [-0.2, -0.15) is 4.98 Å². The van der Waals surface area contributed by atoms with Gasteiger partial charge in [-0.1, -0.05) is 43.2 Å². The summed E-state index contributed by atoms with van der Waals surface area (Å²) in [7, 11) is 2.18. The minimum atomic E-state index is 0.266. The molecule has 1 aromatic heterocycles. The smallest absolute Gasteiger partial charge is 0.222 e. The quantitative estimate of drug-likeness (QED) is 0.677. The Hall–Kier alpha value is -2.82. The van der Waals surface area contributed by atoms with Crippen LogP contribution in [-0.2, 0) is 6.54 Å². The van der Waals surface area contributed by atoms with Crippen molar-refractivity contribution >= 4 is 11.8 Å². The Morgan fingerprint density at radius 2 is 1.84 bits per heavy atom. The van der Waals surface area contributed by atoms with Crippen molar-refractivity contribution in [1.29, 1.82) is 0 Å². The van der Waals surface area contributed by atoms with E-state index in [1.165, 1.54) is 24.8 Å². The van der Waals surface area contributed by atoms with E-state index < -0.39 is 0 Å². The maximum atomic E-state index is 5.82. The summed E-state index contributed by atoms with van der Waals surface area (Å²) in [5.41, 5.74) is 7.87. The number of aromatic nitrogens is 2. The van der Waals surface area contributed by atoms with Gasteiger partial charge in [-0.25, -0.2) is 4.98 Å². The highest BCUT2D eigenvalue weighted by atomic mass is 16.5. The van der Waals surface area contributed by atoms with Gasteiger partial charge in [-0.3, -0.25) is 4.90 Å². The molecule has 1 aromatic carbocycles. The van der Waals surface area contributed by atoms with Gasteiger partial charge in [0, 0.05) is 38.8 Å². The Morgan fingerprint density at radius 3 is 2.59 bits per heavy atom. The first-order valence-corrected chi connectivity index (χ1v) is 11.7. The lowest BCUT2D eigenvalue weighted by atomic mass is 9.95. The van der Waals surface area contributed by atoms with Crippen LogP contribution in [0.1, 0.15) is 43.2 Å². The van der Waals surface area contributed by atoms with Crippen LogP contribution in [0.2, 0.25) is 0 Å². The van der Waals surface area contributed by atoms with Crippen molar-refractivity contribution in [2.45, 2.75) is 44.7 Å². The number of benzene rings is 1. The zero-order chi connectivity index (χ0) is 22.2. The molecule has 0 radical (unpaired) electrons. The van der Waals surface area contributed by atoms with Gasteiger partial charge in [0.15, 0.2) is 0 Å². The molecule has 0 unspecified atom stereocenters. The van der Waals surface area contributed by atoms with Crippen molar-refractivity contribution in [3.63, 3.8) is 0 Å². The van der Waals surface area contributed by atoms with Gasteiger partial charge in [0.1, 0.15) is 18.2 Å². The molecule has 2 fully saturated rings. The topological polar surface area (TPSA) is 79.5 Å². The highest BCUT2D eigenvalue weighted by molar-refractivity contribution is 5.55. The van der Waals surface area contributed by atoms with Crippen LogP contribution in [0.3, 0.4) is 0 Å². The average Bonchev–Trinajstić information content (AvgIpc) is 2.81. The normalized spacial score (nSPS) is 18.0. The van der Waals surface area contributed by atoms with Crippen LogP contribution in [0.5, 0.6) is 5.75 Å². The number of hydrogen-bond acceptors (Lipinski definition) is 7. The largest absolute Gasteiger partial charge is 0.481 e. The molecule has 2 heterocycles. The highest BCUT2D eigenvalue weighted by Crippen LogP contribution is 2.22. The summed E-state index contributed by atoms with van der Waals surface area (Å²) in [6.07, 6.45) is 7.82. The molecular weight excluding hydrogens is 400 g/mol. The molecule has 0 spiro atoms. The van der Waals surface area contributed by atoms with Gasteiger partial charge < -0.3 is 20.7 Å². The zero-order valence-corrected chi connectivity index (χ0v) is 19.0. The third-order valence-corrected chi connectivity index (χ3v) is 6.21. The van der Waals surface area contributed by atoms with E-state index >= 15 is 0 Å². The van der Waals surface area contributed by atoms with Crippen LogP contribution in [0, 0.1) is 11.8 Å². The van der Waals surface area contributed by atoms with Crippen LogP contribution >= 0.6 is 0 Å². The predicted molar refractivity (Wildman–Crippen MR) is 129 cm³/mol. The molecule has 1 saturated carbocycles. The van der Waals surface area contributed by atoms with Gasteiger partial charge in [0.2, 0.25) is 5.95 Å². The molecule has 1 aliphatic carbocycles. The van der Waals surface area contributed by atoms with E-state index in [-0.39, 0.29) is 5.95 Å². The molecule has 0 atom stereocenters. The molecule has 3 N–H and O–H groups in total. The number of piperazine rings is 1. The first-order valence-electron chi connectivity index (χ1n) is 11.7. The van der Waals surface area contributed by atoms with Crippen LogP contribution in [0.15, 0.2) is 30.5 Å². The first kappa shape index (κ1) is 22.4. The average molecular weight is 435 g/mol. The van der Waals surface area contributed by atoms with E-state index in [9.17, 15) is 0 Å². The van der Waals surface area contributed by atoms with Crippen LogP contribution in [0.25, 0.3) is 0 Å². The minimum Gasteiger partial charge on any atom is -0.481 e. The van der Waals surface area contributed by atoms with Gasteiger partial charge in [0.05, 0.1) is 11.8 Å². The predicted octanol–water partition coefficient (Wildman–Crippen LogP) is 2.98. The molecule has 7 heteroatoms. The van der Waals surface area contributed by atoms with E-state index in [1.54, 1.807) is 6.20 Å². The van der Waals surface area contributed by atoms with Crippen LogP contribution in [0.4, 0.5) is 11.8 Å². The molecule has 2 aromatic rings. The van der Waals surface area contributed by atoms with E-state index in [0.717, 1.165) is 62.7 Å². The summed E-state index contributed by atoms with van der Waals surface area (Å²) in [5, 5.41) is 3.51. The molecule has 0 amide bonds. The van der Waals surface area contributed by atoms with E-state index in [0.29, 0.717) is 12.6 Å². The molecule has 1 aliphatic heterocycles. The lowest BCUT2D eigenvalue weighted by Gasteiger charge is -2.32. The third-order valence-electron chi connectivity index (χ3n) is 6.21. The Balaban J connectivity index is 1.29. The molecule has 1 saturated heterocycles. The molecule has 170 valence electrons. The maximum absolute atomic E-state index is 5.82. The summed E-state index contributed by atoms with van der Waals surface area (Å²) in [4.78, 5) is 13.3. The number of likely N-dealkylation sites (N-methyl/N-ethyl adjacent to an activating group) is 1. The number of nitrogens with zero attached hydrogens (tertiary/aromatic N) is 4. The van der Waals surface area contributed by atoms with Crippen molar-refractivity contribution in [2.75, 3.05) is 50.9 Å². The number of rotatable bonds is 6. The van der Waals surface area contributed by atoms with Crippen molar-refractivity contribution in [3.05, 3.63) is 41.6 Å². The number of nitrogen functional groups attached to an aromatic ring is 1. The summed E-state index contributed by atoms with van der Waals surface area (Å²) in [5.74, 6) is 8.05. The number of ether oxygens (including phenoxy) is 1. The number of anilines is 2. The lowest BCUT2D eigenvalue weighted by Crippen LogP contribution is -2.43. The summed E-state index contributed by atoms with van der Waals surface area (Å²) < 4.78 is 5.82. The second kappa shape index (κ2) is 11.2. The molecule has 7 nitrogen and oxygen atoms in total. The standard InChI is InChI=1S/C25H34N6O/c1-30-13-15-31(16-14-30)19-20-9-11-23(12-10-20)32-17-5-6-21-18-27-25(26)29-24(21)28-22-7-3-2-4-8-22/h9-12,18,22H,2-4,7-8,13-17,19H2,1H3,(H3,26,27,28,29). The Bertz CT molecular complexity index is 922. The molecule has 0 bridgehead atoms. The Labute approximate surface area is 191 Å². The minimum absolute atomic E-state index is 0.266. The molecule has 4 rings (SSSR count). The number of nitrogens with one attached hydrogen (secondary N) is 1. The van der Waals surface area contributed by atoms with Crippen molar-refractivity contribution < 1.29 is 4.74 Å². The molecular formula is C25H34N6O. The summed E-state index contributed by atoms with van der Waals surface area (Å²) in [6, 6.07) is 8.76. The van der Waals surface area contributed by atoms with Crippen LogP contribution < -0.4 is 15.8 Å². The molecule has 2 aliphatic rings. The lowest BCUT2D eigenvalue weighted by molar-refractivity contribution is 0.148. The summed E-state index contributed by atoms with van der Waals surface area (Å²) in [6.45, 7) is 5.81. The number of hydrogen-bond donors (Lipinski definition) is 2. The SMILES string of the molecule is CN1CCN(Cc2ccc(OCC#Cc3cnc(N)nc3NC3CCCCC3)cc2)CC1. The van der Waals surface area contributed by atoms with Crippen LogP contribution in [-0.4, -0.2) is 65.6 Å². The van der Waals surface area contributed by atoms with Gasteiger partial charge >= 0.3 is 0 Å². The van der Waals surface area contributed by atoms with E-state index in [1.807, 2.05) is 12.1 Å². The van der Waals surface area contributed by atoms with Crippen molar-refractivity contribution in [3.8, 4) is 17.6 Å². The van der Waals surface area contributed by atoms with Gasteiger partial charge in [-0.15, -0.1) is 0 Å². The third kappa shape index (κ3) is 6.59. The van der Waals surface area contributed by atoms with E-state index in [2.05, 4.69) is 56.1 Å². The Morgan fingerprint density at radius 1 is 1.09 bits per heavy atom. The first-order chi connectivity index (χ1) is 15.7. The fourth-order valence-corrected chi connectivity index (χ4v) is 4.24. The fraction of sp³-hybridized carbons (Fsp3) is 0.520. The van der Waals surface area contributed by atoms with Gasteiger partial charge in [-0.05, 0) is 37.6 Å². The second-order valence-corrected chi connectivity index (χ2v) is 8.78. The molecule has 32 heavy (non-hydrogen) atoms. The monoisotopic (exact) mass is 434 g/mol. The highest BCUT2D eigenvalue weighted by Gasteiger charge is 2.16. The number of nitrogens with two attached hydrogens (primary N) is 1. The van der Waals surface area contributed by atoms with E-state index in [4.69, 9.17) is 10.5 Å². The zero-order valence-electron chi connectivity index (χ0n) is 19.0. The van der Waals surface area contributed by atoms with Crippen molar-refractivity contribution in [1.82, 2.24) is 19.8 Å². The maximum Gasteiger partial charge on any atom is 0.222 e. The summed E-state index contributed by atoms with van der Waals surface area (Å²) >= 11 is 0. The van der Waals surface area contributed by atoms with Crippen molar-refractivity contribution in [2.24, 2.45) is 0 Å². The Kier molecular flexibility index (Phi) is 7.81.